The molecule has 0 aliphatic carbocycles. The van der Waals surface area contributed by atoms with Crippen LogP contribution in [0, 0.1) is 0 Å². The quantitative estimate of drug-likeness (QED) is 0.0347. The van der Waals surface area contributed by atoms with E-state index in [0.29, 0.717) is 19.4 Å². The van der Waals surface area contributed by atoms with E-state index in [2.05, 4.69) is 106 Å². The first-order chi connectivity index (χ1) is 29.6. The Kier molecular flexibility index (Phi) is 48.0. The number of carbonyl (C=O) groups excluding carboxylic acids is 2. The minimum atomic E-state index is -0.546. The molecule has 0 saturated heterocycles. The van der Waals surface area contributed by atoms with Crippen molar-refractivity contribution >= 4 is 11.9 Å². The molecule has 5 heteroatoms. The maximum atomic E-state index is 12.7. The summed E-state index contributed by atoms with van der Waals surface area (Å²) in [7, 11) is 0. The summed E-state index contributed by atoms with van der Waals surface area (Å²) in [5.41, 5.74) is 0. The topological polar surface area (TPSA) is 61.8 Å². The van der Waals surface area contributed by atoms with Crippen LogP contribution in [0.2, 0.25) is 0 Å². The first-order valence-corrected chi connectivity index (χ1v) is 25.1. The van der Waals surface area contributed by atoms with Crippen molar-refractivity contribution in [1.29, 1.82) is 0 Å². The van der Waals surface area contributed by atoms with Gasteiger partial charge in [-0.1, -0.05) is 209 Å². The van der Waals surface area contributed by atoms with Crippen molar-refractivity contribution in [2.45, 2.75) is 232 Å². The van der Waals surface area contributed by atoms with Crippen LogP contribution >= 0.6 is 0 Å². The first-order valence-electron chi connectivity index (χ1n) is 25.1. The minimum Gasteiger partial charge on any atom is -0.462 e. The Morgan fingerprint density at radius 2 is 0.750 bits per heavy atom. The Hall–Kier alpha value is -2.92. The molecular formula is C55H94O5. The number of hydrogen-bond acceptors (Lipinski definition) is 5. The average Bonchev–Trinajstić information content (AvgIpc) is 3.25. The predicted molar refractivity (Wildman–Crippen MR) is 260 cm³/mol. The normalized spacial score (nSPS) is 12.9. The molecule has 0 aliphatic rings. The molecule has 1 atom stereocenters. The predicted octanol–water partition coefficient (Wildman–Crippen LogP) is 16.9. The number of hydrogen-bond donors (Lipinski definition) is 0. The molecule has 0 aliphatic heterocycles. The molecule has 0 amide bonds. The van der Waals surface area contributed by atoms with Gasteiger partial charge in [-0.05, 0) is 89.9 Å². The Balaban J connectivity index is 4.15. The van der Waals surface area contributed by atoms with E-state index in [1.165, 1.54) is 89.9 Å². The fourth-order valence-electron chi connectivity index (χ4n) is 6.75. The lowest BCUT2D eigenvalue weighted by atomic mass is 10.1. The molecule has 0 rings (SSSR count). The van der Waals surface area contributed by atoms with Crippen LogP contribution in [0.4, 0.5) is 0 Å². The third-order valence-electron chi connectivity index (χ3n) is 10.4. The van der Waals surface area contributed by atoms with E-state index in [0.717, 1.165) is 103 Å². The highest BCUT2D eigenvalue weighted by Gasteiger charge is 2.17. The zero-order valence-corrected chi connectivity index (χ0v) is 39.5. The van der Waals surface area contributed by atoms with Crippen LogP contribution in [0.15, 0.2) is 85.1 Å². The molecule has 5 nitrogen and oxygen atoms in total. The molecule has 0 aromatic heterocycles. The van der Waals surface area contributed by atoms with Gasteiger partial charge in [0.05, 0.1) is 6.61 Å². The summed E-state index contributed by atoms with van der Waals surface area (Å²) in [6.45, 7) is 7.54. The van der Waals surface area contributed by atoms with Gasteiger partial charge in [0.15, 0.2) is 6.10 Å². The van der Waals surface area contributed by atoms with Gasteiger partial charge in [-0.2, -0.15) is 0 Å². The van der Waals surface area contributed by atoms with Crippen LogP contribution < -0.4 is 0 Å². The lowest BCUT2D eigenvalue weighted by Crippen LogP contribution is -2.30. The SMILES string of the molecule is CC/C=C\C/C=C\C/C=C\C/C=C\CCCCCCCCCOCC(COC(=O)CCCCCCCCC/C=C\C/C=C\C/C=C\CC)OC(=O)CCCCCCCCC. The number of carbonyl (C=O) groups is 2. The van der Waals surface area contributed by atoms with Crippen molar-refractivity contribution in [3.63, 3.8) is 0 Å². The van der Waals surface area contributed by atoms with Crippen LogP contribution in [0.5, 0.6) is 0 Å². The number of rotatable bonds is 45. The van der Waals surface area contributed by atoms with Gasteiger partial charge < -0.3 is 14.2 Å². The summed E-state index contributed by atoms with van der Waals surface area (Å²) in [4.78, 5) is 25.2. The van der Waals surface area contributed by atoms with Crippen LogP contribution in [-0.2, 0) is 23.8 Å². The maximum absolute atomic E-state index is 12.7. The molecule has 0 bridgehead atoms. The molecule has 1 unspecified atom stereocenters. The van der Waals surface area contributed by atoms with Crippen molar-refractivity contribution in [1.82, 2.24) is 0 Å². The number of ether oxygens (including phenoxy) is 3. The molecule has 0 fully saturated rings. The van der Waals surface area contributed by atoms with Crippen molar-refractivity contribution in [2.75, 3.05) is 19.8 Å². The summed E-state index contributed by atoms with van der Waals surface area (Å²) in [5.74, 6) is -0.421. The van der Waals surface area contributed by atoms with Gasteiger partial charge in [-0.15, -0.1) is 0 Å². The minimum absolute atomic E-state index is 0.0730. The van der Waals surface area contributed by atoms with Crippen LogP contribution in [0.25, 0.3) is 0 Å². The second kappa shape index (κ2) is 50.4. The molecule has 0 aromatic rings. The number of esters is 2. The fourth-order valence-corrected chi connectivity index (χ4v) is 6.75. The standard InChI is InChI=1S/C55H94O5/c1-4-7-10-13-16-18-20-22-24-26-27-28-30-32-34-36-38-41-44-47-50-58-51-53(60-55(57)49-46-43-39-15-12-9-6-3)52-59-54(56)48-45-42-40-37-35-33-31-29-25-23-21-19-17-14-11-8-5-2/h7-8,10-11,16-19,22-25,27-28,53H,4-6,9,12-15,20-21,26,29-52H2,1-3H3/b10-7-,11-8-,18-16-,19-17-,24-22-,25-23-,28-27-. The van der Waals surface area contributed by atoms with E-state index >= 15 is 0 Å². The summed E-state index contributed by atoms with van der Waals surface area (Å²) in [6, 6.07) is 0. The molecule has 0 saturated carbocycles. The van der Waals surface area contributed by atoms with E-state index in [9.17, 15) is 9.59 Å². The molecule has 0 radical (unpaired) electrons. The summed E-state index contributed by atoms with van der Waals surface area (Å²) in [5, 5.41) is 0. The lowest BCUT2D eigenvalue weighted by Gasteiger charge is -2.18. The second-order valence-corrected chi connectivity index (χ2v) is 16.3. The molecule has 0 heterocycles. The van der Waals surface area contributed by atoms with Crippen molar-refractivity contribution < 1.29 is 23.8 Å². The number of allylic oxidation sites excluding steroid dienone is 14. The molecule has 344 valence electrons. The highest BCUT2D eigenvalue weighted by Crippen LogP contribution is 2.13. The molecule has 0 N–H and O–H groups in total. The van der Waals surface area contributed by atoms with Gasteiger partial charge in [0, 0.05) is 19.4 Å². The third kappa shape index (κ3) is 47.8. The van der Waals surface area contributed by atoms with Gasteiger partial charge in [-0.3, -0.25) is 9.59 Å². The van der Waals surface area contributed by atoms with Gasteiger partial charge in [0.1, 0.15) is 6.61 Å². The van der Waals surface area contributed by atoms with E-state index in [-0.39, 0.29) is 25.2 Å². The molecule has 0 spiro atoms. The van der Waals surface area contributed by atoms with Gasteiger partial charge >= 0.3 is 11.9 Å². The highest BCUT2D eigenvalue weighted by molar-refractivity contribution is 5.70. The molecular weight excluding hydrogens is 741 g/mol. The first kappa shape index (κ1) is 57.1. The maximum Gasteiger partial charge on any atom is 0.306 e. The number of unbranched alkanes of at least 4 members (excludes halogenated alkanes) is 20. The van der Waals surface area contributed by atoms with Crippen LogP contribution in [0.1, 0.15) is 226 Å². The highest BCUT2D eigenvalue weighted by atomic mass is 16.6. The monoisotopic (exact) mass is 835 g/mol. The summed E-state index contributed by atoms with van der Waals surface area (Å²) < 4.78 is 17.3. The van der Waals surface area contributed by atoms with E-state index in [1.807, 2.05) is 0 Å². The van der Waals surface area contributed by atoms with Crippen LogP contribution in [-0.4, -0.2) is 37.9 Å². The van der Waals surface area contributed by atoms with E-state index in [1.54, 1.807) is 0 Å². The van der Waals surface area contributed by atoms with Crippen LogP contribution in [0.3, 0.4) is 0 Å². The van der Waals surface area contributed by atoms with Crippen molar-refractivity contribution in [2.24, 2.45) is 0 Å². The third-order valence-corrected chi connectivity index (χ3v) is 10.4. The lowest BCUT2D eigenvalue weighted by molar-refractivity contribution is -0.163. The second-order valence-electron chi connectivity index (χ2n) is 16.3. The van der Waals surface area contributed by atoms with Gasteiger partial charge in [0.25, 0.3) is 0 Å². The van der Waals surface area contributed by atoms with Crippen molar-refractivity contribution in [3.05, 3.63) is 85.1 Å². The van der Waals surface area contributed by atoms with Crippen molar-refractivity contribution in [3.8, 4) is 0 Å². The zero-order valence-electron chi connectivity index (χ0n) is 39.5. The Bertz CT molecular complexity index is 1130. The summed E-state index contributed by atoms with van der Waals surface area (Å²) in [6.07, 6.45) is 66.0. The Labute approximate surface area is 371 Å². The fraction of sp³-hybridized carbons (Fsp3) is 0.709. The smallest absolute Gasteiger partial charge is 0.306 e. The average molecular weight is 835 g/mol. The molecule has 60 heavy (non-hydrogen) atoms. The molecule has 0 aromatic carbocycles. The largest absolute Gasteiger partial charge is 0.462 e. The summed E-state index contributed by atoms with van der Waals surface area (Å²) >= 11 is 0. The van der Waals surface area contributed by atoms with Gasteiger partial charge in [0.2, 0.25) is 0 Å². The Morgan fingerprint density at radius 3 is 1.20 bits per heavy atom. The Morgan fingerprint density at radius 1 is 0.383 bits per heavy atom. The van der Waals surface area contributed by atoms with E-state index < -0.39 is 6.10 Å². The van der Waals surface area contributed by atoms with Gasteiger partial charge in [-0.25, -0.2) is 0 Å². The van der Waals surface area contributed by atoms with E-state index in [4.69, 9.17) is 14.2 Å². The zero-order chi connectivity index (χ0) is 43.5.